The van der Waals surface area contributed by atoms with Crippen LogP contribution in [0.3, 0.4) is 0 Å². The highest BCUT2D eigenvalue weighted by atomic mass is 35.5. The Morgan fingerprint density at radius 3 is 2.87 bits per heavy atom. The monoisotopic (exact) mass is 327 g/mol. The van der Waals surface area contributed by atoms with E-state index in [-0.39, 0.29) is 5.92 Å². The molecule has 23 heavy (non-hydrogen) atoms. The molecule has 1 amide bonds. The van der Waals surface area contributed by atoms with Gasteiger partial charge in [-0.05, 0) is 48.1 Å². The predicted octanol–water partition coefficient (Wildman–Crippen LogP) is 3.48. The van der Waals surface area contributed by atoms with Gasteiger partial charge in [-0.1, -0.05) is 17.7 Å². The molecular weight excluding hydrogens is 310 g/mol. The number of imidazole rings is 1. The maximum Gasteiger partial charge on any atom is 0.209 e. The van der Waals surface area contributed by atoms with E-state index in [0.717, 1.165) is 48.8 Å². The van der Waals surface area contributed by atoms with Crippen molar-refractivity contribution in [3.63, 3.8) is 0 Å². The highest BCUT2D eigenvalue weighted by Gasteiger charge is 2.33. The molecule has 0 spiro atoms. The van der Waals surface area contributed by atoms with Crippen molar-refractivity contribution in [1.29, 1.82) is 0 Å². The fourth-order valence-electron chi connectivity index (χ4n) is 3.79. The Kier molecular flexibility index (Phi) is 3.69. The van der Waals surface area contributed by atoms with Crippen molar-refractivity contribution in [3.05, 3.63) is 52.6 Å². The molecule has 0 radical (unpaired) electrons. The molecule has 0 N–H and O–H groups in total. The number of halogens is 1. The van der Waals surface area contributed by atoms with Gasteiger partial charge in [0.25, 0.3) is 0 Å². The van der Waals surface area contributed by atoms with Crippen LogP contribution in [0.1, 0.15) is 35.7 Å². The molecule has 0 saturated carbocycles. The molecule has 1 aromatic heterocycles. The van der Waals surface area contributed by atoms with E-state index in [1.54, 1.807) is 0 Å². The molecule has 2 aliphatic heterocycles. The number of hydrogen-bond donors (Lipinski definition) is 0. The van der Waals surface area contributed by atoms with Crippen molar-refractivity contribution in [1.82, 2.24) is 14.5 Å². The molecule has 1 unspecified atom stereocenters. The Labute approximate surface area is 140 Å². The van der Waals surface area contributed by atoms with Gasteiger partial charge in [-0.3, -0.25) is 4.79 Å². The van der Waals surface area contributed by atoms with Gasteiger partial charge in [0, 0.05) is 42.6 Å². The molecular formula is C18H18ClN3O. The number of piperidine rings is 1. The number of hydrogen-bond acceptors (Lipinski definition) is 2. The first kappa shape index (κ1) is 14.5. The van der Waals surface area contributed by atoms with Gasteiger partial charge in [0.15, 0.2) is 0 Å². The zero-order valence-electron chi connectivity index (χ0n) is 12.7. The van der Waals surface area contributed by atoms with Gasteiger partial charge in [-0.2, -0.15) is 0 Å². The van der Waals surface area contributed by atoms with Crippen molar-refractivity contribution < 1.29 is 4.79 Å². The van der Waals surface area contributed by atoms with Gasteiger partial charge in [-0.15, -0.1) is 0 Å². The molecule has 4 rings (SSSR count). The summed E-state index contributed by atoms with van der Waals surface area (Å²) in [4.78, 5) is 17.5. The van der Waals surface area contributed by atoms with E-state index in [2.05, 4.69) is 27.9 Å². The lowest BCUT2D eigenvalue weighted by atomic mass is 9.78. The Hall–Kier alpha value is -2.07. The second kappa shape index (κ2) is 5.85. The zero-order chi connectivity index (χ0) is 15.8. The van der Waals surface area contributed by atoms with Crippen molar-refractivity contribution in [2.75, 3.05) is 13.1 Å². The molecule has 2 aliphatic rings. The van der Waals surface area contributed by atoms with Crippen molar-refractivity contribution in [3.8, 4) is 0 Å². The molecule has 4 nitrogen and oxygen atoms in total. The van der Waals surface area contributed by atoms with Crippen molar-refractivity contribution in [2.24, 2.45) is 5.92 Å². The van der Waals surface area contributed by atoms with Crippen LogP contribution in [-0.2, 0) is 4.79 Å². The SMILES string of the molecule is O=CN1CCC(C2c3ccc(Cl)cc3C=Cn3ccnc32)CC1. The van der Waals surface area contributed by atoms with Crippen LogP contribution in [0.2, 0.25) is 5.02 Å². The maximum absolute atomic E-state index is 11.0. The Morgan fingerprint density at radius 1 is 1.26 bits per heavy atom. The smallest absolute Gasteiger partial charge is 0.209 e. The summed E-state index contributed by atoms with van der Waals surface area (Å²) in [6.45, 7) is 1.64. The fourth-order valence-corrected chi connectivity index (χ4v) is 3.97. The summed E-state index contributed by atoms with van der Waals surface area (Å²) < 4.78 is 2.10. The van der Waals surface area contributed by atoms with Crippen molar-refractivity contribution in [2.45, 2.75) is 18.8 Å². The van der Waals surface area contributed by atoms with E-state index < -0.39 is 0 Å². The summed E-state index contributed by atoms with van der Waals surface area (Å²) in [5, 5.41) is 0.752. The van der Waals surface area contributed by atoms with Gasteiger partial charge in [-0.25, -0.2) is 4.98 Å². The lowest BCUT2D eigenvalue weighted by Gasteiger charge is -2.34. The van der Waals surface area contributed by atoms with Crippen molar-refractivity contribution >= 4 is 30.3 Å². The number of carbonyl (C=O) groups excluding carboxylic acids is 1. The molecule has 1 saturated heterocycles. The quantitative estimate of drug-likeness (QED) is 0.792. The molecule has 1 atom stereocenters. The van der Waals surface area contributed by atoms with Gasteiger partial charge in [0.1, 0.15) is 5.82 Å². The first-order chi connectivity index (χ1) is 11.3. The largest absolute Gasteiger partial charge is 0.345 e. The van der Waals surface area contributed by atoms with E-state index in [4.69, 9.17) is 11.6 Å². The summed E-state index contributed by atoms with van der Waals surface area (Å²) in [7, 11) is 0. The molecule has 1 fully saturated rings. The minimum absolute atomic E-state index is 0.237. The minimum Gasteiger partial charge on any atom is -0.345 e. The number of fused-ring (bicyclic) bond motifs is 2. The molecule has 3 heterocycles. The first-order valence-electron chi connectivity index (χ1n) is 7.96. The van der Waals surface area contributed by atoms with Crippen LogP contribution in [0.25, 0.3) is 12.3 Å². The van der Waals surface area contributed by atoms with Gasteiger partial charge in [0.05, 0.1) is 0 Å². The van der Waals surface area contributed by atoms with Crippen LogP contribution in [0.15, 0.2) is 30.6 Å². The van der Waals surface area contributed by atoms with E-state index in [1.807, 2.05) is 29.4 Å². The number of benzene rings is 1. The van der Waals surface area contributed by atoms with Crippen LogP contribution < -0.4 is 0 Å². The fraction of sp³-hybridized carbons (Fsp3) is 0.333. The molecule has 0 aliphatic carbocycles. The maximum atomic E-state index is 11.0. The number of nitrogens with zero attached hydrogens (tertiary/aromatic N) is 3. The second-order valence-electron chi connectivity index (χ2n) is 6.24. The summed E-state index contributed by atoms with van der Waals surface area (Å²) >= 11 is 6.18. The molecule has 2 aromatic rings. The average Bonchev–Trinajstić information content (AvgIpc) is 2.98. The van der Waals surface area contributed by atoms with Crippen LogP contribution in [0.5, 0.6) is 0 Å². The summed E-state index contributed by atoms with van der Waals surface area (Å²) in [6, 6.07) is 6.11. The molecule has 118 valence electrons. The van der Waals surface area contributed by atoms with Crippen LogP contribution in [-0.4, -0.2) is 34.0 Å². The standard InChI is InChI=1S/C18H18ClN3O/c19-15-1-2-16-14(11-15)5-9-22-10-6-20-18(22)17(16)13-3-7-21(12-23)8-4-13/h1-2,5-6,9-13,17H,3-4,7-8H2. The van der Waals surface area contributed by atoms with Gasteiger partial charge in [0.2, 0.25) is 6.41 Å². The normalized spacial score (nSPS) is 20.7. The number of rotatable bonds is 2. The Balaban J connectivity index is 1.77. The minimum atomic E-state index is 0.237. The number of aromatic nitrogens is 2. The number of likely N-dealkylation sites (tertiary alicyclic amines) is 1. The van der Waals surface area contributed by atoms with E-state index in [1.165, 1.54) is 5.56 Å². The topological polar surface area (TPSA) is 38.1 Å². The van der Waals surface area contributed by atoms with E-state index in [0.29, 0.717) is 5.92 Å². The molecule has 5 heteroatoms. The lowest BCUT2D eigenvalue weighted by molar-refractivity contribution is -0.119. The summed E-state index contributed by atoms with van der Waals surface area (Å²) in [6.07, 6.45) is 11.0. The van der Waals surface area contributed by atoms with Crippen LogP contribution in [0.4, 0.5) is 0 Å². The first-order valence-corrected chi connectivity index (χ1v) is 8.34. The van der Waals surface area contributed by atoms with Crippen LogP contribution >= 0.6 is 11.6 Å². The number of amides is 1. The summed E-state index contributed by atoms with van der Waals surface area (Å²) in [5.41, 5.74) is 2.44. The number of carbonyl (C=O) groups is 1. The third-order valence-corrected chi connectivity index (χ3v) is 5.21. The third-order valence-electron chi connectivity index (χ3n) is 4.97. The van der Waals surface area contributed by atoms with Crippen LogP contribution in [0, 0.1) is 5.92 Å². The lowest BCUT2D eigenvalue weighted by Crippen LogP contribution is -2.35. The van der Waals surface area contributed by atoms with Gasteiger partial charge < -0.3 is 9.47 Å². The van der Waals surface area contributed by atoms with E-state index >= 15 is 0 Å². The van der Waals surface area contributed by atoms with Gasteiger partial charge >= 0.3 is 0 Å². The second-order valence-corrected chi connectivity index (χ2v) is 6.67. The highest BCUT2D eigenvalue weighted by molar-refractivity contribution is 6.30. The Bertz CT molecular complexity index is 759. The predicted molar refractivity (Wildman–Crippen MR) is 91.1 cm³/mol. The Morgan fingerprint density at radius 2 is 2.09 bits per heavy atom. The molecule has 1 aromatic carbocycles. The highest BCUT2D eigenvalue weighted by Crippen LogP contribution is 2.41. The zero-order valence-corrected chi connectivity index (χ0v) is 13.5. The summed E-state index contributed by atoms with van der Waals surface area (Å²) in [5.74, 6) is 1.79. The van der Waals surface area contributed by atoms with E-state index in [9.17, 15) is 4.79 Å². The average molecular weight is 328 g/mol. The third kappa shape index (κ3) is 2.57. The molecule has 0 bridgehead atoms.